The first-order chi connectivity index (χ1) is 13.0. The topological polar surface area (TPSA) is 75.6 Å². The molecule has 8 heteroatoms. The first-order valence-corrected chi connectivity index (χ1v) is 9.35. The lowest BCUT2D eigenvalue weighted by Crippen LogP contribution is -2.45. The summed E-state index contributed by atoms with van der Waals surface area (Å²) < 4.78 is 10.4. The molecule has 1 fully saturated rings. The first kappa shape index (κ1) is 18.0. The van der Waals surface area contributed by atoms with Gasteiger partial charge in [0.05, 0.1) is 0 Å². The zero-order chi connectivity index (χ0) is 19.0. The van der Waals surface area contributed by atoms with E-state index >= 15 is 0 Å². The van der Waals surface area contributed by atoms with E-state index in [2.05, 4.69) is 22.3 Å². The number of benzene rings is 1. The van der Waals surface area contributed by atoms with Crippen LogP contribution in [0.15, 0.2) is 33.3 Å². The van der Waals surface area contributed by atoms with Crippen molar-refractivity contribution in [2.45, 2.75) is 32.4 Å². The zero-order valence-corrected chi connectivity index (χ0v) is 16.1. The lowest BCUT2D eigenvalue weighted by atomic mass is 10.0. The maximum atomic E-state index is 12.5. The van der Waals surface area contributed by atoms with Crippen molar-refractivity contribution in [1.29, 1.82) is 0 Å². The van der Waals surface area contributed by atoms with Crippen LogP contribution in [0.4, 0.5) is 0 Å². The third kappa shape index (κ3) is 3.70. The number of aryl methyl sites for hydroxylation is 1. The highest BCUT2D eigenvalue weighted by molar-refractivity contribution is 6.31. The van der Waals surface area contributed by atoms with Gasteiger partial charge in [-0.15, -0.1) is 0 Å². The Bertz CT molecular complexity index is 959. The second-order valence-corrected chi connectivity index (χ2v) is 7.47. The van der Waals surface area contributed by atoms with Crippen LogP contribution >= 0.6 is 11.6 Å². The predicted octanol–water partition coefficient (Wildman–Crippen LogP) is 3.51. The van der Waals surface area contributed by atoms with Gasteiger partial charge in [-0.05, 0) is 45.0 Å². The van der Waals surface area contributed by atoms with E-state index in [0.29, 0.717) is 42.2 Å². The van der Waals surface area contributed by atoms with E-state index in [4.69, 9.17) is 20.6 Å². The van der Waals surface area contributed by atoms with Gasteiger partial charge in [0.2, 0.25) is 0 Å². The Morgan fingerprint density at radius 3 is 2.74 bits per heavy atom. The molecule has 0 N–H and O–H groups in total. The van der Waals surface area contributed by atoms with Crippen LogP contribution in [0, 0.1) is 6.92 Å². The largest absolute Gasteiger partial charge is 0.361 e. The second kappa shape index (κ2) is 7.32. The third-order valence-corrected chi connectivity index (χ3v) is 5.36. The molecule has 1 amide bonds. The predicted molar refractivity (Wildman–Crippen MR) is 101 cm³/mol. The van der Waals surface area contributed by atoms with Gasteiger partial charge < -0.3 is 13.9 Å². The normalized spacial score (nSPS) is 15.8. The van der Waals surface area contributed by atoms with Crippen LogP contribution < -0.4 is 0 Å². The fourth-order valence-electron chi connectivity index (χ4n) is 3.58. The number of aromatic nitrogens is 2. The smallest absolute Gasteiger partial charge is 0.276 e. The maximum Gasteiger partial charge on any atom is 0.276 e. The van der Waals surface area contributed by atoms with Crippen molar-refractivity contribution in [2.24, 2.45) is 0 Å². The molecule has 0 radical (unpaired) electrons. The van der Waals surface area contributed by atoms with E-state index in [1.54, 1.807) is 19.1 Å². The number of amides is 1. The summed E-state index contributed by atoms with van der Waals surface area (Å²) in [5.74, 6) is 0.581. The van der Waals surface area contributed by atoms with Gasteiger partial charge in [-0.2, -0.15) is 0 Å². The molecular formula is C19H21ClN4O3. The van der Waals surface area contributed by atoms with Crippen LogP contribution in [0.2, 0.25) is 5.02 Å². The van der Waals surface area contributed by atoms with Gasteiger partial charge in [0, 0.05) is 42.2 Å². The third-order valence-electron chi connectivity index (χ3n) is 5.13. The molecule has 142 valence electrons. The maximum absolute atomic E-state index is 12.5. The average Bonchev–Trinajstić information content (AvgIpc) is 3.27. The van der Waals surface area contributed by atoms with Gasteiger partial charge in [0.15, 0.2) is 11.3 Å². The van der Waals surface area contributed by atoms with E-state index in [-0.39, 0.29) is 5.91 Å². The molecule has 4 rings (SSSR count). The summed E-state index contributed by atoms with van der Waals surface area (Å²) in [4.78, 5) is 16.6. The molecular weight excluding hydrogens is 368 g/mol. The van der Waals surface area contributed by atoms with Crippen molar-refractivity contribution >= 4 is 28.5 Å². The number of likely N-dealkylation sites (tertiary alicyclic amines) is 1. The van der Waals surface area contributed by atoms with Crippen molar-refractivity contribution in [1.82, 2.24) is 20.1 Å². The standard InChI is InChI=1S/C19H21ClN4O3/c1-12-9-16(21-26-12)19(25)24-7-5-14(6-8-24)23(2)11-17-15-10-13(20)3-4-18(15)27-22-17/h3-4,9-10,14H,5-8,11H2,1-2H3. The van der Waals surface area contributed by atoms with Gasteiger partial charge in [0.25, 0.3) is 5.91 Å². The summed E-state index contributed by atoms with van der Waals surface area (Å²) in [5.41, 5.74) is 2.00. The Morgan fingerprint density at radius 2 is 2.04 bits per heavy atom. The number of rotatable bonds is 4. The molecule has 1 aliphatic heterocycles. The quantitative estimate of drug-likeness (QED) is 0.680. The number of piperidine rings is 1. The van der Waals surface area contributed by atoms with Crippen molar-refractivity contribution < 1.29 is 13.8 Å². The van der Waals surface area contributed by atoms with E-state index in [9.17, 15) is 4.79 Å². The molecule has 2 aromatic heterocycles. The molecule has 1 aliphatic rings. The molecule has 0 atom stereocenters. The number of hydrogen-bond donors (Lipinski definition) is 0. The van der Waals surface area contributed by atoms with Gasteiger partial charge >= 0.3 is 0 Å². The van der Waals surface area contributed by atoms with E-state index in [1.165, 1.54) is 0 Å². The fourth-order valence-corrected chi connectivity index (χ4v) is 3.75. The van der Waals surface area contributed by atoms with Gasteiger partial charge in [-0.1, -0.05) is 21.9 Å². The van der Waals surface area contributed by atoms with Crippen molar-refractivity contribution in [2.75, 3.05) is 20.1 Å². The minimum atomic E-state index is -0.0647. The average molecular weight is 389 g/mol. The highest BCUT2D eigenvalue weighted by Crippen LogP contribution is 2.25. The highest BCUT2D eigenvalue weighted by Gasteiger charge is 2.28. The monoisotopic (exact) mass is 388 g/mol. The Morgan fingerprint density at radius 1 is 1.26 bits per heavy atom. The molecule has 0 spiro atoms. The van der Waals surface area contributed by atoms with E-state index in [0.717, 1.165) is 29.5 Å². The van der Waals surface area contributed by atoms with Gasteiger partial charge in [-0.3, -0.25) is 9.69 Å². The second-order valence-electron chi connectivity index (χ2n) is 7.03. The minimum Gasteiger partial charge on any atom is -0.361 e. The minimum absolute atomic E-state index is 0.0647. The van der Waals surface area contributed by atoms with Crippen molar-refractivity contribution in [3.63, 3.8) is 0 Å². The molecule has 1 aromatic carbocycles. The van der Waals surface area contributed by atoms with E-state index < -0.39 is 0 Å². The Balaban J connectivity index is 1.37. The zero-order valence-electron chi connectivity index (χ0n) is 15.3. The molecule has 3 aromatic rings. The molecule has 3 heterocycles. The summed E-state index contributed by atoms with van der Waals surface area (Å²) in [6.45, 7) is 3.86. The van der Waals surface area contributed by atoms with Gasteiger partial charge in [-0.25, -0.2) is 0 Å². The summed E-state index contributed by atoms with van der Waals surface area (Å²) in [6, 6.07) is 7.58. The molecule has 7 nitrogen and oxygen atoms in total. The van der Waals surface area contributed by atoms with Crippen LogP contribution in [0.3, 0.4) is 0 Å². The molecule has 0 aliphatic carbocycles. The Labute approximate surface area is 161 Å². The summed E-state index contributed by atoms with van der Waals surface area (Å²) in [7, 11) is 2.08. The lowest BCUT2D eigenvalue weighted by Gasteiger charge is -2.36. The van der Waals surface area contributed by atoms with Gasteiger partial charge in [0.1, 0.15) is 11.5 Å². The fraction of sp³-hybridized carbons (Fsp3) is 0.421. The van der Waals surface area contributed by atoms with E-state index in [1.807, 2.05) is 17.0 Å². The lowest BCUT2D eigenvalue weighted by molar-refractivity contribution is 0.0628. The molecule has 0 unspecified atom stereocenters. The highest BCUT2D eigenvalue weighted by atomic mass is 35.5. The number of hydrogen-bond acceptors (Lipinski definition) is 6. The molecule has 0 saturated carbocycles. The number of halogens is 1. The van der Waals surface area contributed by atoms with Crippen LogP contribution in [-0.2, 0) is 6.54 Å². The van der Waals surface area contributed by atoms with Crippen LogP contribution in [0.25, 0.3) is 11.0 Å². The van der Waals surface area contributed by atoms with Crippen molar-refractivity contribution in [3.8, 4) is 0 Å². The summed E-state index contributed by atoms with van der Waals surface area (Å²) in [6.07, 6.45) is 1.80. The number of nitrogens with zero attached hydrogens (tertiary/aromatic N) is 4. The molecule has 0 bridgehead atoms. The van der Waals surface area contributed by atoms with Crippen LogP contribution in [-0.4, -0.2) is 52.2 Å². The molecule has 1 saturated heterocycles. The molecule has 27 heavy (non-hydrogen) atoms. The summed E-state index contributed by atoms with van der Waals surface area (Å²) >= 11 is 6.10. The number of fused-ring (bicyclic) bond motifs is 1. The van der Waals surface area contributed by atoms with Crippen LogP contribution in [0.1, 0.15) is 34.8 Å². The number of carbonyl (C=O) groups is 1. The summed E-state index contributed by atoms with van der Waals surface area (Å²) in [5, 5.41) is 9.64. The Kier molecular flexibility index (Phi) is 4.88. The SMILES string of the molecule is Cc1cc(C(=O)N2CCC(N(C)Cc3noc4ccc(Cl)cc34)CC2)no1. The number of carbonyl (C=O) groups excluding carboxylic acids is 1. The first-order valence-electron chi connectivity index (χ1n) is 8.98. The Hall–Kier alpha value is -2.38. The van der Waals surface area contributed by atoms with Crippen LogP contribution in [0.5, 0.6) is 0 Å². The van der Waals surface area contributed by atoms with Crippen molar-refractivity contribution in [3.05, 3.63) is 46.4 Å².